The highest BCUT2D eigenvalue weighted by Crippen LogP contribution is 2.33. The quantitative estimate of drug-likeness (QED) is 0.746. The smallest absolute Gasteiger partial charge is 0.323 e. The maximum atomic E-state index is 11.7. The fourth-order valence-corrected chi connectivity index (χ4v) is 2.61. The van der Waals surface area contributed by atoms with Gasteiger partial charge in [0.05, 0.1) is 0 Å². The minimum Gasteiger partial charge on any atom is -0.461 e. The first-order chi connectivity index (χ1) is 7.70. The molecule has 2 N–H and O–H groups in total. The lowest BCUT2D eigenvalue weighted by Gasteiger charge is -2.29. The van der Waals surface area contributed by atoms with Gasteiger partial charge in [-0.3, -0.25) is 4.79 Å². The molecule has 3 unspecified atom stereocenters. The van der Waals surface area contributed by atoms with Crippen LogP contribution in [0.3, 0.4) is 0 Å². The molecular weight excluding hydrogens is 202 g/mol. The fourth-order valence-electron chi connectivity index (χ4n) is 2.61. The molecule has 3 nitrogen and oxygen atoms in total. The molecule has 0 aromatic carbocycles. The fraction of sp³-hybridized carbons (Fsp3) is 0.923. The Balaban J connectivity index is 1.77. The molecule has 0 amide bonds. The van der Waals surface area contributed by atoms with Crippen molar-refractivity contribution >= 4 is 5.97 Å². The summed E-state index contributed by atoms with van der Waals surface area (Å²) in [7, 11) is 0. The molecule has 16 heavy (non-hydrogen) atoms. The van der Waals surface area contributed by atoms with Gasteiger partial charge in [-0.05, 0) is 43.9 Å². The predicted octanol–water partition coefficient (Wildman–Crippen LogP) is 2.24. The minimum atomic E-state index is -0.359. The second-order valence-electron chi connectivity index (χ2n) is 5.36. The summed E-state index contributed by atoms with van der Waals surface area (Å²) in [6.07, 6.45) is 8.07. The summed E-state index contributed by atoms with van der Waals surface area (Å²) >= 11 is 0. The van der Waals surface area contributed by atoms with Gasteiger partial charge in [-0.1, -0.05) is 19.8 Å². The highest BCUT2D eigenvalue weighted by atomic mass is 16.5. The van der Waals surface area contributed by atoms with Crippen LogP contribution in [0.2, 0.25) is 0 Å². The van der Waals surface area contributed by atoms with Gasteiger partial charge in [-0.15, -0.1) is 0 Å². The molecule has 2 saturated carbocycles. The Morgan fingerprint density at radius 2 is 2.12 bits per heavy atom. The van der Waals surface area contributed by atoms with Crippen LogP contribution in [0.1, 0.15) is 51.9 Å². The second kappa shape index (κ2) is 5.17. The van der Waals surface area contributed by atoms with Gasteiger partial charge < -0.3 is 10.5 Å². The Hall–Kier alpha value is -0.570. The zero-order chi connectivity index (χ0) is 11.5. The molecule has 0 radical (unpaired) electrons. The van der Waals surface area contributed by atoms with Gasteiger partial charge in [-0.2, -0.15) is 0 Å². The van der Waals surface area contributed by atoms with Crippen LogP contribution in [0.5, 0.6) is 0 Å². The van der Waals surface area contributed by atoms with Crippen molar-refractivity contribution < 1.29 is 9.53 Å². The molecule has 2 aliphatic rings. The highest BCUT2D eigenvalue weighted by molar-refractivity contribution is 5.76. The number of carbonyl (C=O) groups is 1. The van der Waals surface area contributed by atoms with Crippen LogP contribution in [0.4, 0.5) is 0 Å². The van der Waals surface area contributed by atoms with E-state index in [-0.39, 0.29) is 18.1 Å². The normalized spacial score (nSPS) is 32.1. The van der Waals surface area contributed by atoms with Crippen LogP contribution < -0.4 is 5.73 Å². The number of esters is 1. The summed E-state index contributed by atoms with van der Waals surface area (Å²) < 4.78 is 5.52. The first kappa shape index (κ1) is 11.9. The Kier molecular flexibility index (Phi) is 3.85. The van der Waals surface area contributed by atoms with E-state index in [0.29, 0.717) is 5.92 Å². The molecule has 0 heterocycles. The van der Waals surface area contributed by atoms with Gasteiger partial charge >= 0.3 is 5.97 Å². The molecule has 0 aromatic rings. The van der Waals surface area contributed by atoms with E-state index in [4.69, 9.17) is 10.5 Å². The molecule has 2 aliphatic carbocycles. The summed E-state index contributed by atoms with van der Waals surface area (Å²) in [4.78, 5) is 11.7. The third kappa shape index (κ3) is 2.97. The van der Waals surface area contributed by atoms with Crippen molar-refractivity contribution in [2.24, 2.45) is 17.6 Å². The van der Waals surface area contributed by atoms with E-state index in [1.165, 1.54) is 19.3 Å². The number of hydrogen-bond acceptors (Lipinski definition) is 3. The zero-order valence-electron chi connectivity index (χ0n) is 10.2. The van der Waals surface area contributed by atoms with Gasteiger partial charge in [0.25, 0.3) is 0 Å². The molecule has 2 rings (SSSR count). The summed E-state index contributed by atoms with van der Waals surface area (Å²) in [6, 6.07) is -0.359. The van der Waals surface area contributed by atoms with Crippen molar-refractivity contribution in [1.82, 2.24) is 0 Å². The largest absolute Gasteiger partial charge is 0.461 e. The van der Waals surface area contributed by atoms with E-state index in [9.17, 15) is 4.79 Å². The maximum absolute atomic E-state index is 11.7. The van der Waals surface area contributed by atoms with Crippen molar-refractivity contribution in [3.8, 4) is 0 Å². The van der Waals surface area contributed by atoms with Crippen LogP contribution in [-0.2, 0) is 9.53 Å². The second-order valence-corrected chi connectivity index (χ2v) is 5.36. The Morgan fingerprint density at radius 3 is 2.75 bits per heavy atom. The first-order valence-corrected chi connectivity index (χ1v) is 6.66. The molecule has 3 heteroatoms. The Labute approximate surface area is 97.7 Å². The van der Waals surface area contributed by atoms with Crippen LogP contribution >= 0.6 is 0 Å². The Bertz CT molecular complexity index is 250. The monoisotopic (exact) mass is 225 g/mol. The third-order valence-electron chi connectivity index (χ3n) is 4.00. The molecule has 2 fully saturated rings. The minimum absolute atomic E-state index is 0.135. The molecule has 0 saturated heterocycles. The van der Waals surface area contributed by atoms with Crippen LogP contribution in [0.15, 0.2) is 0 Å². The third-order valence-corrected chi connectivity index (χ3v) is 4.00. The van der Waals surface area contributed by atoms with Crippen LogP contribution in [0, 0.1) is 11.8 Å². The number of carbonyl (C=O) groups excluding carboxylic acids is 1. The highest BCUT2D eigenvalue weighted by Gasteiger charge is 2.35. The van der Waals surface area contributed by atoms with E-state index < -0.39 is 0 Å². The number of hydrogen-bond donors (Lipinski definition) is 1. The van der Waals surface area contributed by atoms with Gasteiger partial charge in [0.15, 0.2) is 0 Å². The molecule has 3 atom stereocenters. The summed E-state index contributed by atoms with van der Waals surface area (Å²) in [5.41, 5.74) is 5.83. The number of nitrogens with two attached hydrogens (primary N) is 1. The molecule has 0 bridgehead atoms. The molecule has 0 aromatic heterocycles. The summed E-state index contributed by atoms with van der Waals surface area (Å²) in [6.45, 7) is 2.21. The zero-order valence-corrected chi connectivity index (χ0v) is 10.2. The van der Waals surface area contributed by atoms with Crippen molar-refractivity contribution in [3.63, 3.8) is 0 Å². The molecular formula is C13H23NO2. The molecule has 0 spiro atoms. The number of ether oxygens (including phenoxy) is 1. The van der Waals surface area contributed by atoms with Crippen LogP contribution in [-0.4, -0.2) is 18.1 Å². The average Bonchev–Trinajstić information content (AvgIpc) is 3.12. The maximum Gasteiger partial charge on any atom is 0.323 e. The van der Waals surface area contributed by atoms with Gasteiger partial charge in [0, 0.05) is 0 Å². The molecule has 92 valence electrons. The van der Waals surface area contributed by atoms with Crippen LogP contribution in [0.25, 0.3) is 0 Å². The first-order valence-electron chi connectivity index (χ1n) is 6.66. The van der Waals surface area contributed by atoms with E-state index in [1.54, 1.807) is 0 Å². The summed E-state index contributed by atoms with van der Waals surface area (Å²) in [5, 5.41) is 0. The van der Waals surface area contributed by atoms with E-state index in [2.05, 4.69) is 6.92 Å². The number of rotatable bonds is 4. The van der Waals surface area contributed by atoms with Gasteiger partial charge in [-0.25, -0.2) is 0 Å². The standard InChI is InChI=1S/C13H23NO2/c1-2-9-4-3-5-11(8-9)16-13(15)12(14)10-6-7-10/h9-12H,2-8,14H2,1H3. The average molecular weight is 225 g/mol. The van der Waals surface area contributed by atoms with Crippen molar-refractivity contribution in [2.45, 2.75) is 64.0 Å². The Morgan fingerprint density at radius 1 is 1.38 bits per heavy atom. The molecule has 0 aliphatic heterocycles. The lowest BCUT2D eigenvalue weighted by Crippen LogP contribution is -2.37. The van der Waals surface area contributed by atoms with E-state index >= 15 is 0 Å². The van der Waals surface area contributed by atoms with Crippen molar-refractivity contribution in [1.29, 1.82) is 0 Å². The lowest BCUT2D eigenvalue weighted by molar-refractivity contribution is -0.153. The van der Waals surface area contributed by atoms with Crippen molar-refractivity contribution in [2.75, 3.05) is 0 Å². The van der Waals surface area contributed by atoms with Crippen molar-refractivity contribution in [3.05, 3.63) is 0 Å². The predicted molar refractivity (Wildman–Crippen MR) is 62.8 cm³/mol. The van der Waals surface area contributed by atoms with E-state index in [1.807, 2.05) is 0 Å². The SMILES string of the molecule is CCC1CCCC(OC(=O)C(N)C2CC2)C1. The van der Waals surface area contributed by atoms with Gasteiger partial charge in [0.1, 0.15) is 12.1 Å². The summed E-state index contributed by atoms with van der Waals surface area (Å²) in [5.74, 6) is 0.978. The lowest BCUT2D eigenvalue weighted by atomic mass is 9.85. The van der Waals surface area contributed by atoms with E-state index in [0.717, 1.165) is 31.6 Å². The topological polar surface area (TPSA) is 52.3 Å². The van der Waals surface area contributed by atoms with Gasteiger partial charge in [0.2, 0.25) is 0 Å².